The zero-order valence-corrected chi connectivity index (χ0v) is 11.8. The maximum atomic E-state index is 13.2. The van der Waals surface area contributed by atoms with Crippen LogP contribution >= 0.6 is 15.9 Å². The fraction of sp³-hybridized carbons (Fsp3) is 0. The van der Waals surface area contributed by atoms with Crippen molar-refractivity contribution in [1.29, 1.82) is 0 Å². The summed E-state index contributed by atoms with van der Waals surface area (Å²) in [5.41, 5.74) is 1.42. The maximum absolute atomic E-state index is 13.2. The van der Waals surface area contributed by atoms with E-state index in [4.69, 9.17) is 4.42 Å². The standard InChI is InChI=1S/C15H9BrFNO2/c16-12-6-5-9(17)7-13(12)18-15(19)11-8-20-14-4-2-1-3-10(11)14/h1-8H,(H,18,19). The predicted octanol–water partition coefficient (Wildman–Crippen LogP) is 4.59. The Labute approximate surface area is 122 Å². The molecule has 1 aromatic heterocycles. The largest absolute Gasteiger partial charge is 0.463 e. The second kappa shape index (κ2) is 5.09. The highest BCUT2D eigenvalue weighted by molar-refractivity contribution is 9.10. The van der Waals surface area contributed by atoms with Gasteiger partial charge in [-0.3, -0.25) is 4.79 Å². The molecule has 0 saturated heterocycles. The van der Waals surface area contributed by atoms with E-state index in [2.05, 4.69) is 21.2 Å². The number of anilines is 1. The summed E-state index contributed by atoms with van der Waals surface area (Å²) in [5, 5.41) is 3.38. The van der Waals surface area contributed by atoms with Crippen LogP contribution in [0.25, 0.3) is 11.0 Å². The molecule has 5 heteroatoms. The molecule has 0 spiro atoms. The van der Waals surface area contributed by atoms with Crippen LogP contribution in [0.5, 0.6) is 0 Å². The van der Waals surface area contributed by atoms with Gasteiger partial charge in [-0.1, -0.05) is 18.2 Å². The highest BCUT2D eigenvalue weighted by atomic mass is 79.9. The Balaban J connectivity index is 1.95. The number of hydrogen-bond acceptors (Lipinski definition) is 2. The van der Waals surface area contributed by atoms with E-state index in [9.17, 15) is 9.18 Å². The van der Waals surface area contributed by atoms with Crippen molar-refractivity contribution < 1.29 is 13.6 Å². The van der Waals surface area contributed by atoms with Gasteiger partial charge in [0.2, 0.25) is 0 Å². The molecular weight excluding hydrogens is 325 g/mol. The predicted molar refractivity (Wildman–Crippen MR) is 78.3 cm³/mol. The Morgan fingerprint density at radius 1 is 1.20 bits per heavy atom. The summed E-state index contributed by atoms with van der Waals surface area (Å²) in [5.74, 6) is -0.762. The van der Waals surface area contributed by atoms with Gasteiger partial charge in [0.1, 0.15) is 17.7 Å². The average molecular weight is 334 g/mol. The van der Waals surface area contributed by atoms with Crippen LogP contribution in [0.15, 0.2) is 57.6 Å². The molecule has 3 aromatic rings. The van der Waals surface area contributed by atoms with Crippen LogP contribution in [0.2, 0.25) is 0 Å². The van der Waals surface area contributed by atoms with Crippen molar-refractivity contribution in [2.45, 2.75) is 0 Å². The number of benzene rings is 2. The number of fused-ring (bicyclic) bond motifs is 1. The monoisotopic (exact) mass is 333 g/mol. The van der Waals surface area contributed by atoms with Crippen LogP contribution in [-0.2, 0) is 0 Å². The number of rotatable bonds is 2. The van der Waals surface area contributed by atoms with E-state index in [0.29, 0.717) is 21.3 Å². The number of amides is 1. The van der Waals surface area contributed by atoms with Gasteiger partial charge < -0.3 is 9.73 Å². The van der Waals surface area contributed by atoms with Crippen molar-refractivity contribution in [3.63, 3.8) is 0 Å². The quantitative estimate of drug-likeness (QED) is 0.745. The molecule has 0 radical (unpaired) electrons. The minimum atomic E-state index is -0.416. The summed E-state index contributed by atoms with van der Waals surface area (Å²) in [6, 6.07) is 11.3. The molecule has 0 aliphatic rings. The summed E-state index contributed by atoms with van der Waals surface area (Å²) >= 11 is 3.27. The number of carbonyl (C=O) groups is 1. The molecule has 1 amide bonds. The van der Waals surface area contributed by atoms with E-state index in [1.54, 1.807) is 18.2 Å². The Bertz CT molecular complexity index is 797. The fourth-order valence-corrected chi connectivity index (χ4v) is 2.28. The topological polar surface area (TPSA) is 42.2 Å². The molecule has 3 nitrogen and oxygen atoms in total. The van der Waals surface area contributed by atoms with Gasteiger partial charge in [-0.05, 0) is 40.2 Å². The van der Waals surface area contributed by atoms with E-state index in [1.807, 2.05) is 12.1 Å². The van der Waals surface area contributed by atoms with Crippen molar-refractivity contribution in [3.8, 4) is 0 Å². The molecule has 0 saturated carbocycles. The van der Waals surface area contributed by atoms with Crippen LogP contribution in [0, 0.1) is 5.82 Å². The van der Waals surface area contributed by atoms with Crippen molar-refractivity contribution in [2.24, 2.45) is 0 Å². The van der Waals surface area contributed by atoms with E-state index in [0.717, 1.165) is 5.39 Å². The highest BCUT2D eigenvalue weighted by Crippen LogP contribution is 2.26. The molecule has 1 N–H and O–H groups in total. The summed E-state index contributed by atoms with van der Waals surface area (Å²) in [6.07, 6.45) is 1.40. The molecule has 2 aromatic carbocycles. The average Bonchev–Trinajstić information content (AvgIpc) is 2.87. The van der Waals surface area contributed by atoms with Gasteiger partial charge >= 0.3 is 0 Å². The zero-order valence-electron chi connectivity index (χ0n) is 10.2. The SMILES string of the molecule is O=C(Nc1cc(F)ccc1Br)c1coc2ccccc12. The number of furan rings is 1. The van der Waals surface area contributed by atoms with Crippen molar-refractivity contribution in [1.82, 2.24) is 0 Å². The molecule has 100 valence electrons. The molecule has 0 bridgehead atoms. The molecule has 20 heavy (non-hydrogen) atoms. The lowest BCUT2D eigenvalue weighted by Crippen LogP contribution is -2.11. The lowest BCUT2D eigenvalue weighted by molar-refractivity contribution is 0.102. The Morgan fingerprint density at radius 2 is 2.00 bits per heavy atom. The van der Waals surface area contributed by atoms with Gasteiger partial charge in [0, 0.05) is 9.86 Å². The van der Waals surface area contributed by atoms with Crippen LogP contribution in [-0.4, -0.2) is 5.91 Å². The molecule has 0 aliphatic heterocycles. The smallest absolute Gasteiger partial charge is 0.259 e. The van der Waals surface area contributed by atoms with E-state index >= 15 is 0 Å². The molecule has 1 heterocycles. The van der Waals surface area contributed by atoms with Crippen LogP contribution in [0.3, 0.4) is 0 Å². The van der Waals surface area contributed by atoms with Gasteiger partial charge in [0.05, 0.1) is 11.3 Å². The molecule has 0 atom stereocenters. The van der Waals surface area contributed by atoms with E-state index in [1.165, 1.54) is 18.4 Å². The molecule has 0 fully saturated rings. The number of para-hydroxylation sites is 1. The maximum Gasteiger partial charge on any atom is 0.259 e. The molecule has 3 rings (SSSR count). The number of hydrogen-bond donors (Lipinski definition) is 1. The zero-order chi connectivity index (χ0) is 14.1. The first-order valence-electron chi connectivity index (χ1n) is 5.88. The van der Waals surface area contributed by atoms with E-state index < -0.39 is 5.82 Å². The lowest BCUT2D eigenvalue weighted by Gasteiger charge is -2.06. The van der Waals surface area contributed by atoms with Crippen LogP contribution in [0.4, 0.5) is 10.1 Å². The second-order valence-electron chi connectivity index (χ2n) is 4.22. The van der Waals surface area contributed by atoms with Gasteiger partial charge in [0.15, 0.2) is 0 Å². The Kier molecular flexibility index (Phi) is 3.28. The molecule has 0 aliphatic carbocycles. The first kappa shape index (κ1) is 12.9. The van der Waals surface area contributed by atoms with E-state index in [-0.39, 0.29) is 5.91 Å². The van der Waals surface area contributed by atoms with Gasteiger partial charge in [-0.15, -0.1) is 0 Å². The fourth-order valence-electron chi connectivity index (χ4n) is 1.94. The first-order valence-corrected chi connectivity index (χ1v) is 6.67. The Morgan fingerprint density at radius 3 is 2.85 bits per heavy atom. The summed E-state index contributed by atoms with van der Waals surface area (Å²) in [4.78, 5) is 12.2. The third-order valence-corrected chi connectivity index (χ3v) is 3.59. The summed E-state index contributed by atoms with van der Waals surface area (Å²) in [6.45, 7) is 0. The Hall–Kier alpha value is -2.14. The van der Waals surface area contributed by atoms with Crippen molar-refractivity contribution >= 4 is 38.5 Å². The third-order valence-electron chi connectivity index (χ3n) is 2.90. The summed E-state index contributed by atoms with van der Waals surface area (Å²) in [7, 11) is 0. The minimum Gasteiger partial charge on any atom is -0.463 e. The van der Waals surface area contributed by atoms with Crippen LogP contribution < -0.4 is 5.32 Å². The minimum absolute atomic E-state index is 0.346. The summed E-state index contributed by atoms with van der Waals surface area (Å²) < 4.78 is 19.1. The van der Waals surface area contributed by atoms with Gasteiger partial charge in [-0.25, -0.2) is 4.39 Å². The lowest BCUT2D eigenvalue weighted by atomic mass is 10.1. The molecule has 0 unspecified atom stereocenters. The van der Waals surface area contributed by atoms with Crippen molar-refractivity contribution in [2.75, 3.05) is 5.32 Å². The van der Waals surface area contributed by atoms with Crippen LogP contribution in [0.1, 0.15) is 10.4 Å². The normalized spacial score (nSPS) is 10.7. The number of nitrogens with one attached hydrogen (secondary N) is 1. The number of halogens is 2. The van der Waals surface area contributed by atoms with Crippen molar-refractivity contribution in [3.05, 3.63) is 64.6 Å². The second-order valence-corrected chi connectivity index (χ2v) is 5.08. The molecular formula is C15H9BrFNO2. The van der Waals surface area contributed by atoms with Gasteiger partial charge in [0.25, 0.3) is 5.91 Å². The highest BCUT2D eigenvalue weighted by Gasteiger charge is 2.14. The number of carbonyl (C=O) groups excluding carboxylic acids is 1. The first-order chi connectivity index (χ1) is 9.65. The third kappa shape index (κ3) is 2.32. The van der Waals surface area contributed by atoms with Gasteiger partial charge in [-0.2, -0.15) is 0 Å².